The van der Waals surface area contributed by atoms with Gasteiger partial charge in [0.1, 0.15) is 11.2 Å². The van der Waals surface area contributed by atoms with Crippen LogP contribution in [0.2, 0.25) is 0 Å². The van der Waals surface area contributed by atoms with Gasteiger partial charge in [-0.1, -0.05) is 13.8 Å². The molecule has 0 atom stereocenters. The molecule has 0 saturated carbocycles. The van der Waals surface area contributed by atoms with Crippen LogP contribution in [0.25, 0.3) is 0 Å². The fourth-order valence-corrected chi connectivity index (χ4v) is 3.11. The molecule has 1 heterocycles. The van der Waals surface area contributed by atoms with E-state index in [0.29, 0.717) is 28.6 Å². The number of hydrogen-bond donors (Lipinski definition) is 0. The second kappa shape index (κ2) is 6.66. The van der Waals surface area contributed by atoms with Gasteiger partial charge in [0.25, 0.3) is 5.91 Å². The first-order valence-corrected chi connectivity index (χ1v) is 8.14. The third kappa shape index (κ3) is 2.83. The molecule has 122 valence electrons. The summed E-state index contributed by atoms with van der Waals surface area (Å²) in [7, 11) is 1.50. The van der Waals surface area contributed by atoms with Crippen molar-refractivity contribution >= 4 is 33.5 Å². The Labute approximate surface area is 143 Å². The molecule has 0 saturated heterocycles. The van der Waals surface area contributed by atoms with Crippen molar-refractivity contribution in [1.82, 2.24) is 4.90 Å². The molecule has 6 heteroatoms. The zero-order valence-electron chi connectivity index (χ0n) is 13.3. The molecule has 1 aliphatic rings. The van der Waals surface area contributed by atoms with Crippen LogP contribution in [0.4, 0.5) is 0 Å². The largest absolute Gasteiger partial charge is 0.497 e. The third-order valence-electron chi connectivity index (χ3n) is 4.30. The first-order valence-electron chi connectivity index (χ1n) is 7.35. The van der Waals surface area contributed by atoms with E-state index in [-0.39, 0.29) is 5.78 Å². The van der Waals surface area contributed by atoms with E-state index in [1.165, 1.54) is 19.4 Å². The lowest BCUT2D eigenvalue weighted by molar-refractivity contribution is -0.146. The van der Waals surface area contributed by atoms with Crippen LogP contribution in [0.15, 0.2) is 34.9 Å². The highest BCUT2D eigenvalue weighted by molar-refractivity contribution is 9.10. The second-order valence-electron chi connectivity index (χ2n) is 5.30. The summed E-state index contributed by atoms with van der Waals surface area (Å²) in [4.78, 5) is 38.8. The average molecular weight is 380 g/mol. The van der Waals surface area contributed by atoms with Crippen LogP contribution < -0.4 is 4.74 Å². The Morgan fingerprint density at radius 3 is 2.48 bits per heavy atom. The summed E-state index contributed by atoms with van der Waals surface area (Å²) in [6.07, 6.45) is 3.27. The Morgan fingerprint density at radius 2 is 1.91 bits per heavy atom. The van der Waals surface area contributed by atoms with Gasteiger partial charge in [-0.05, 0) is 53.0 Å². The topological polar surface area (TPSA) is 63.7 Å². The minimum atomic E-state index is -1.16. The predicted octanol–water partition coefficient (Wildman–Crippen LogP) is 3.33. The van der Waals surface area contributed by atoms with Gasteiger partial charge in [-0.15, -0.1) is 0 Å². The zero-order chi connectivity index (χ0) is 17.2. The Kier molecular flexibility index (Phi) is 5.04. The molecule has 0 aliphatic carbocycles. The summed E-state index contributed by atoms with van der Waals surface area (Å²) >= 11 is 3.32. The van der Waals surface area contributed by atoms with Crippen LogP contribution in [0.3, 0.4) is 0 Å². The van der Waals surface area contributed by atoms with E-state index in [1.807, 2.05) is 0 Å². The average Bonchev–Trinajstić information content (AvgIpc) is 2.56. The molecule has 0 spiro atoms. The van der Waals surface area contributed by atoms with Crippen LogP contribution in [0.1, 0.15) is 37.0 Å². The molecule has 0 N–H and O–H groups in total. The van der Waals surface area contributed by atoms with Crippen molar-refractivity contribution in [3.05, 3.63) is 40.5 Å². The minimum absolute atomic E-state index is 0.249. The molecule has 1 aromatic rings. The molecular formula is C17H18BrNO4. The van der Waals surface area contributed by atoms with Gasteiger partial charge < -0.3 is 4.74 Å². The van der Waals surface area contributed by atoms with Crippen LogP contribution in [-0.2, 0) is 9.59 Å². The maximum absolute atomic E-state index is 12.8. The number of benzene rings is 1. The van der Waals surface area contributed by atoms with Gasteiger partial charge in [-0.25, -0.2) is 0 Å². The highest BCUT2D eigenvalue weighted by Crippen LogP contribution is 2.35. The molecular weight excluding hydrogens is 362 g/mol. The SMILES string of the molecule is CCC1(CC)C(=O)C=CN(C(=O)c2cc(OC)ccc2Br)C1=O. The monoisotopic (exact) mass is 379 g/mol. The van der Waals surface area contributed by atoms with E-state index in [9.17, 15) is 14.4 Å². The number of carbonyl (C=O) groups excluding carboxylic acids is 3. The van der Waals surface area contributed by atoms with Crippen molar-refractivity contribution in [2.75, 3.05) is 7.11 Å². The summed E-state index contributed by atoms with van der Waals surface area (Å²) in [5.41, 5.74) is -0.853. The number of imide groups is 1. The molecule has 1 aromatic carbocycles. The Balaban J connectivity index is 2.46. The molecule has 5 nitrogen and oxygen atoms in total. The third-order valence-corrected chi connectivity index (χ3v) is 5.00. The Morgan fingerprint density at radius 1 is 1.26 bits per heavy atom. The van der Waals surface area contributed by atoms with Gasteiger partial charge in [0.2, 0.25) is 5.91 Å². The molecule has 0 radical (unpaired) electrons. The van der Waals surface area contributed by atoms with Gasteiger partial charge >= 0.3 is 0 Å². The smallest absolute Gasteiger partial charge is 0.265 e. The number of halogens is 1. The number of allylic oxidation sites excluding steroid dienone is 1. The molecule has 0 aromatic heterocycles. The highest BCUT2D eigenvalue weighted by atomic mass is 79.9. The number of rotatable bonds is 4. The lowest BCUT2D eigenvalue weighted by atomic mass is 9.75. The first kappa shape index (κ1) is 17.4. The van der Waals surface area contributed by atoms with E-state index in [2.05, 4.69) is 15.9 Å². The first-order chi connectivity index (χ1) is 10.9. The van der Waals surface area contributed by atoms with Gasteiger partial charge in [-0.2, -0.15) is 0 Å². The molecule has 0 bridgehead atoms. The van der Waals surface area contributed by atoms with Crippen molar-refractivity contribution in [3.63, 3.8) is 0 Å². The summed E-state index contributed by atoms with van der Waals surface area (Å²) in [6, 6.07) is 4.95. The highest BCUT2D eigenvalue weighted by Gasteiger charge is 2.47. The van der Waals surface area contributed by atoms with Crippen LogP contribution in [-0.4, -0.2) is 29.6 Å². The summed E-state index contributed by atoms with van der Waals surface area (Å²) in [6.45, 7) is 3.56. The molecule has 2 rings (SSSR count). The van der Waals surface area contributed by atoms with Crippen LogP contribution in [0, 0.1) is 5.41 Å². The van der Waals surface area contributed by atoms with Gasteiger partial charge in [0, 0.05) is 10.7 Å². The number of nitrogens with zero attached hydrogens (tertiary/aromatic N) is 1. The summed E-state index contributed by atoms with van der Waals surface area (Å²) < 4.78 is 5.68. The maximum atomic E-state index is 12.8. The fourth-order valence-electron chi connectivity index (χ4n) is 2.69. The number of ketones is 1. The van der Waals surface area contributed by atoms with Crippen molar-refractivity contribution in [3.8, 4) is 5.75 Å². The minimum Gasteiger partial charge on any atom is -0.497 e. The van der Waals surface area contributed by atoms with Crippen molar-refractivity contribution in [1.29, 1.82) is 0 Å². The van der Waals surface area contributed by atoms with Crippen LogP contribution >= 0.6 is 15.9 Å². The molecule has 2 amide bonds. The quantitative estimate of drug-likeness (QED) is 0.594. The molecule has 0 unspecified atom stereocenters. The normalized spacial score (nSPS) is 16.6. The number of methoxy groups -OCH3 is 1. The standard InChI is InChI=1S/C17H18BrNO4/c1-4-17(5-2)14(20)8-9-19(16(17)22)15(21)12-10-11(23-3)6-7-13(12)18/h6-10H,4-5H2,1-3H3. The van der Waals surface area contributed by atoms with Crippen molar-refractivity contribution < 1.29 is 19.1 Å². The van der Waals surface area contributed by atoms with E-state index >= 15 is 0 Å². The number of ether oxygens (including phenoxy) is 1. The fraction of sp³-hybridized carbons (Fsp3) is 0.353. The Hall–Kier alpha value is -1.95. The zero-order valence-corrected chi connectivity index (χ0v) is 14.8. The molecule has 23 heavy (non-hydrogen) atoms. The van der Waals surface area contributed by atoms with E-state index in [0.717, 1.165) is 4.90 Å². The van der Waals surface area contributed by atoms with Crippen molar-refractivity contribution in [2.45, 2.75) is 26.7 Å². The number of amides is 2. The Bertz CT molecular complexity index is 692. The lowest BCUT2D eigenvalue weighted by Crippen LogP contribution is -2.50. The van der Waals surface area contributed by atoms with Gasteiger partial charge in [0.15, 0.2) is 5.78 Å². The second-order valence-corrected chi connectivity index (χ2v) is 6.15. The molecule has 0 fully saturated rings. The van der Waals surface area contributed by atoms with Crippen LogP contribution in [0.5, 0.6) is 5.75 Å². The van der Waals surface area contributed by atoms with E-state index in [4.69, 9.17) is 4.74 Å². The number of carbonyl (C=O) groups is 3. The summed E-state index contributed by atoms with van der Waals surface area (Å²) in [5, 5.41) is 0. The molecule has 1 aliphatic heterocycles. The van der Waals surface area contributed by atoms with Gasteiger partial charge in [-0.3, -0.25) is 19.3 Å². The predicted molar refractivity (Wildman–Crippen MR) is 89.0 cm³/mol. The summed E-state index contributed by atoms with van der Waals surface area (Å²) in [5.74, 6) is -0.704. The van der Waals surface area contributed by atoms with E-state index in [1.54, 1.807) is 32.0 Å². The van der Waals surface area contributed by atoms with E-state index < -0.39 is 17.2 Å². The number of hydrogen-bond acceptors (Lipinski definition) is 4. The lowest BCUT2D eigenvalue weighted by Gasteiger charge is -2.34. The maximum Gasteiger partial charge on any atom is 0.265 e. The van der Waals surface area contributed by atoms with Gasteiger partial charge in [0.05, 0.1) is 12.7 Å². The van der Waals surface area contributed by atoms with Crippen molar-refractivity contribution in [2.24, 2.45) is 5.41 Å².